The molecule has 0 spiro atoms. The van der Waals surface area contributed by atoms with Crippen LogP contribution >= 0.6 is 0 Å². The van der Waals surface area contributed by atoms with Crippen molar-refractivity contribution in [2.45, 2.75) is 6.18 Å². The molecule has 0 amide bonds. The molecule has 2 aromatic heterocycles. The molecule has 5 nitrogen and oxygen atoms in total. The van der Waals surface area contributed by atoms with Crippen molar-refractivity contribution in [3.05, 3.63) is 48.2 Å². The third kappa shape index (κ3) is 2.50. The highest BCUT2D eigenvalue weighted by atomic mass is 19.4. The highest BCUT2D eigenvalue weighted by molar-refractivity contribution is 5.63. The van der Waals surface area contributed by atoms with Gasteiger partial charge in [-0.3, -0.25) is 4.98 Å². The Balaban J connectivity index is 2.08. The minimum absolute atomic E-state index is 0.0909. The summed E-state index contributed by atoms with van der Waals surface area (Å²) in [6.45, 7) is 0. The van der Waals surface area contributed by atoms with Gasteiger partial charge in [0.1, 0.15) is 11.4 Å². The van der Waals surface area contributed by atoms with E-state index in [4.69, 9.17) is 4.42 Å². The number of pyridine rings is 1. The zero-order valence-corrected chi connectivity index (χ0v) is 10.9. The fourth-order valence-electron chi connectivity index (χ4n) is 1.89. The maximum absolute atomic E-state index is 13.0. The molecule has 112 valence electrons. The normalized spacial score (nSPS) is 11.6. The van der Waals surface area contributed by atoms with E-state index in [1.807, 2.05) is 0 Å². The Bertz CT molecular complexity index is 815. The first-order valence-corrected chi connectivity index (χ1v) is 6.11. The van der Waals surface area contributed by atoms with Crippen LogP contribution in [0.25, 0.3) is 23.0 Å². The van der Waals surface area contributed by atoms with E-state index in [9.17, 15) is 18.3 Å². The summed E-state index contributed by atoms with van der Waals surface area (Å²) in [6.07, 6.45) is -3.39. The van der Waals surface area contributed by atoms with E-state index in [-0.39, 0.29) is 23.1 Å². The third-order valence-electron chi connectivity index (χ3n) is 2.88. The largest absolute Gasteiger partial charge is 0.507 e. The molecule has 0 saturated heterocycles. The van der Waals surface area contributed by atoms with E-state index in [0.717, 1.165) is 6.07 Å². The average Bonchev–Trinajstić information content (AvgIpc) is 2.96. The van der Waals surface area contributed by atoms with Gasteiger partial charge in [0, 0.05) is 6.20 Å². The minimum Gasteiger partial charge on any atom is -0.507 e. The minimum atomic E-state index is -4.59. The Morgan fingerprint density at radius 1 is 0.955 bits per heavy atom. The lowest BCUT2D eigenvalue weighted by Crippen LogP contribution is -2.08. The second-order valence-corrected chi connectivity index (χ2v) is 4.33. The highest BCUT2D eigenvalue weighted by Gasteiger charge is 2.35. The predicted octanol–water partition coefficient (Wildman–Crippen LogP) is 3.52. The van der Waals surface area contributed by atoms with E-state index >= 15 is 0 Å². The Kier molecular flexibility index (Phi) is 3.28. The fraction of sp³-hybridized carbons (Fsp3) is 0.0714. The first kappa shape index (κ1) is 14.1. The Morgan fingerprint density at radius 2 is 1.68 bits per heavy atom. The summed E-state index contributed by atoms with van der Waals surface area (Å²) in [5, 5.41) is 17.0. The molecule has 0 aliphatic heterocycles. The number of halogens is 3. The molecule has 8 heteroatoms. The number of benzene rings is 1. The molecule has 2 heterocycles. The smallest absolute Gasteiger partial charge is 0.418 e. The molecular formula is C14H8F3N3O2. The van der Waals surface area contributed by atoms with E-state index in [2.05, 4.69) is 15.2 Å². The summed E-state index contributed by atoms with van der Waals surface area (Å²) in [7, 11) is 0. The lowest BCUT2D eigenvalue weighted by Gasteiger charge is -2.08. The van der Waals surface area contributed by atoms with Gasteiger partial charge in [-0.05, 0) is 24.3 Å². The molecule has 0 aliphatic carbocycles. The summed E-state index contributed by atoms with van der Waals surface area (Å²) in [4.78, 5) is 3.67. The number of nitrogens with zero attached hydrogens (tertiary/aromatic N) is 3. The lowest BCUT2D eigenvalue weighted by molar-refractivity contribution is -0.137. The monoisotopic (exact) mass is 307 g/mol. The van der Waals surface area contributed by atoms with Crippen LogP contribution in [0.4, 0.5) is 13.2 Å². The van der Waals surface area contributed by atoms with Crippen molar-refractivity contribution in [2.75, 3.05) is 0 Å². The Morgan fingerprint density at radius 3 is 2.41 bits per heavy atom. The van der Waals surface area contributed by atoms with Crippen LogP contribution in [0.5, 0.6) is 5.75 Å². The molecule has 0 radical (unpaired) electrons. The van der Waals surface area contributed by atoms with Crippen LogP contribution in [0, 0.1) is 0 Å². The van der Waals surface area contributed by atoms with E-state index in [1.54, 1.807) is 12.1 Å². The van der Waals surface area contributed by atoms with E-state index in [1.165, 1.54) is 24.4 Å². The van der Waals surface area contributed by atoms with Crippen molar-refractivity contribution in [2.24, 2.45) is 0 Å². The van der Waals surface area contributed by atoms with Crippen molar-refractivity contribution < 1.29 is 22.7 Å². The molecule has 0 atom stereocenters. The van der Waals surface area contributed by atoms with Gasteiger partial charge in [0.05, 0.1) is 11.1 Å². The molecule has 1 N–H and O–H groups in total. The summed E-state index contributed by atoms with van der Waals surface area (Å²) >= 11 is 0. The first-order valence-electron chi connectivity index (χ1n) is 6.11. The second-order valence-electron chi connectivity index (χ2n) is 4.33. The number of alkyl halides is 3. The van der Waals surface area contributed by atoms with Crippen LogP contribution in [0.2, 0.25) is 0 Å². The maximum Gasteiger partial charge on any atom is 0.418 e. The molecule has 22 heavy (non-hydrogen) atoms. The maximum atomic E-state index is 13.0. The first-order chi connectivity index (χ1) is 10.5. The van der Waals surface area contributed by atoms with Gasteiger partial charge in [-0.15, -0.1) is 10.2 Å². The standard InChI is InChI=1S/C14H8F3N3O2/c15-14(16,17)9-5-3-7-18-11(9)13-20-19-12(22-13)8-4-1-2-6-10(8)21/h1-7,21H. The topological polar surface area (TPSA) is 72.0 Å². The third-order valence-corrected chi connectivity index (χ3v) is 2.88. The number of phenolic OH excluding ortho intramolecular Hbond substituents is 1. The van der Waals surface area contributed by atoms with Gasteiger partial charge in [0.2, 0.25) is 0 Å². The number of hydrogen-bond acceptors (Lipinski definition) is 5. The van der Waals surface area contributed by atoms with Crippen LogP contribution in [0.3, 0.4) is 0 Å². The summed E-state index contributed by atoms with van der Waals surface area (Å²) < 4.78 is 44.1. The van der Waals surface area contributed by atoms with Crippen LogP contribution in [0.15, 0.2) is 47.0 Å². The zero-order valence-electron chi connectivity index (χ0n) is 10.9. The van der Waals surface area contributed by atoms with Crippen LogP contribution in [-0.2, 0) is 6.18 Å². The molecule has 0 unspecified atom stereocenters. The number of hydrogen-bond donors (Lipinski definition) is 1. The van der Waals surface area contributed by atoms with Gasteiger partial charge >= 0.3 is 6.18 Å². The van der Waals surface area contributed by atoms with Crippen LogP contribution in [-0.4, -0.2) is 20.3 Å². The Hall–Kier alpha value is -2.90. The number of phenols is 1. The van der Waals surface area contributed by atoms with Gasteiger partial charge in [0.25, 0.3) is 11.8 Å². The molecule has 3 aromatic rings. The van der Waals surface area contributed by atoms with Crippen molar-refractivity contribution in [1.82, 2.24) is 15.2 Å². The quantitative estimate of drug-likeness (QED) is 0.784. The van der Waals surface area contributed by atoms with Crippen molar-refractivity contribution in [3.63, 3.8) is 0 Å². The SMILES string of the molecule is Oc1ccccc1-c1nnc(-c2ncccc2C(F)(F)F)o1. The molecule has 1 aromatic carbocycles. The Labute approximate surface area is 122 Å². The second kappa shape index (κ2) is 5.14. The zero-order chi connectivity index (χ0) is 15.7. The van der Waals surface area contributed by atoms with Gasteiger partial charge in [-0.25, -0.2) is 0 Å². The van der Waals surface area contributed by atoms with Gasteiger partial charge < -0.3 is 9.52 Å². The molecule has 0 bridgehead atoms. The lowest BCUT2D eigenvalue weighted by atomic mass is 10.2. The molecule has 0 aliphatic rings. The molecule has 3 rings (SSSR count). The summed E-state index contributed by atoms with van der Waals surface area (Å²) in [6, 6.07) is 8.19. The number of para-hydroxylation sites is 1. The van der Waals surface area contributed by atoms with Crippen molar-refractivity contribution in [3.8, 4) is 28.8 Å². The summed E-state index contributed by atoms with van der Waals surface area (Å²) in [5.41, 5.74) is -1.20. The number of aromatic nitrogens is 3. The van der Waals surface area contributed by atoms with Gasteiger partial charge in [0.15, 0.2) is 0 Å². The van der Waals surface area contributed by atoms with Crippen LogP contribution in [0.1, 0.15) is 5.56 Å². The predicted molar refractivity (Wildman–Crippen MR) is 69.6 cm³/mol. The van der Waals surface area contributed by atoms with E-state index < -0.39 is 17.4 Å². The number of rotatable bonds is 2. The van der Waals surface area contributed by atoms with Crippen molar-refractivity contribution in [1.29, 1.82) is 0 Å². The molecular weight excluding hydrogens is 299 g/mol. The highest BCUT2D eigenvalue weighted by Crippen LogP contribution is 2.36. The van der Waals surface area contributed by atoms with E-state index in [0.29, 0.717) is 0 Å². The molecule has 0 fully saturated rings. The van der Waals surface area contributed by atoms with Gasteiger partial charge in [-0.2, -0.15) is 13.2 Å². The molecule has 0 saturated carbocycles. The fourth-order valence-corrected chi connectivity index (χ4v) is 1.89. The summed E-state index contributed by atoms with van der Waals surface area (Å²) in [5.74, 6) is -0.576. The number of aromatic hydroxyl groups is 1. The van der Waals surface area contributed by atoms with Gasteiger partial charge in [-0.1, -0.05) is 12.1 Å². The average molecular weight is 307 g/mol. The van der Waals surface area contributed by atoms with Crippen molar-refractivity contribution >= 4 is 0 Å². The van der Waals surface area contributed by atoms with Crippen LogP contribution < -0.4 is 0 Å².